The summed E-state index contributed by atoms with van der Waals surface area (Å²) < 4.78 is 29.6. The number of methoxy groups -OCH3 is 1. The summed E-state index contributed by atoms with van der Waals surface area (Å²) in [6.45, 7) is 5.40. The van der Waals surface area contributed by atoms with Gasteiger partial charge in [-0.1, -0.05) is 24.3 Å². The lowest BCUT2D eigenvalue weighted by Gasteiger charge is -2.24. The molecule has 0 aliphatic carbocycles. The summed E-state index contributed by atoms with van der Waals surface area (Å²) in [7, 11) is 1.55. The molecule has 1 saturated heterocycles. The van der Waals surface area contributed by atoms with Crippen LogP contribution in [-0.4, -0.2) is 60.9 Å². The Morgan fingerprint density at radius 1 is 0.875 bits per heavy atom. The Kier molecular flexibility index (Phi) is 8.57. The molecule has 1 heterocycles. The van der Waals surface area contributed by atoms with E-state index in [2.05, 4.69) is 10.6 Å². The quantitative estimate of drug-likeness (QED) is 0.395. The number of hydrogen-bond acceptors (Lipinski definition) is 6. The Balaban J connectivity index is 1.45. The van der Waals surface area contributed by atoms with Crippen LogP contribution in [0.15, 0.2) is 72.8 Å². The monoisotopic (exact) mass is 549 g/mol. The molecule has 0 radical (unpaired) electrons. The highest BCUT2D eigenvalue weighted by molar-refractivity contribution is 5.91. The lowest BCUT2D eigenvalue weighted by atomic mass is 10.0. The van der Waals surface area contributed by atoms with E-state index >= 15 is 0 Å². The zero-order chi connectivity index (χ0) is 28.9. The maximum atomic E-state index is 13.2. The van der Waals surface area contributed by atoms with Gasteiger partial charge in [-0.15, -0.1) is 0 Å². The van der Waals surface area contributed by atoms with Gasteiger partial charge in [0.25, 0.3) is 0 Å². The molecule has 3 aromatic rings. The minimum atomic E-state index is -0.821. The van der Waals surface area contributed by atoms with Crippen LogP contribution in [0.1, 0.15) is 31.1 Å². The molecule has 0 saturated carbocycles. The number of carbonyl (C=O) groups excluding carboxylic acids is 3. The number of nitrogens with one attached hydrogen (secondary N) is 2. The van der Waals surface area contributed by atoms with E-state index in [0.29, 0.717) is 17.0 Å². The van der Waals surface area contributed by atoms with Gasteiger partial charge in [0.15, 0.2) is 0 Å². The highest BCUT2D eigenvalue weighted by Gasteiger charge is 2.40. The maximum Gasteiger partial charge on any atom is 0.410 e. The van der Waals surface area contributed by atoms with E-state index in [9.17, 15) is 18.8 Å². The van der Waals surface area contributed by atoms with Crippen LogP contribution in [0.2, 0.25) is 0 Å². The zero-order valence-corrected chi connectivity index (χ0v) is 22.8. The standard InChI is InChI=1S/C30H32FN3O6/c1-30(2,3)40-29(37)34-17-25(33-28(36)32-23-13-15-24(38-4)16-14-23)26(18-34)39-27(35)21-7-5-19(6-8-21)20-9-11-22(31)12-10-20/h5-16,25-26H,17-18H2,1-4H3,(H2,32,33,36)/t25-,26-/m0/s1. The molecule has 2 N–H and O–H groups in total. The number of urea groups is 1. The average Bonchev–Trinajstić information content (AvgIpc) is 3.30. The number of esters is 1. The molecule has 0 bridgehead atoms. The number of amides is 3. The number of carbonyl (C=O) groups is 3. The predicted molar refractivity (Wildman–Crippen MR) is 148 cm³/mol. The number of likely N-dealkylation sites (tertiary alicyclic amines) is 1. The normalized spacial score (nSPS) is 16.7. The van der Waals surface area contributed by atoms with Crippen molar-refractivity contribution in [2.45, 2.75) is 38.5 Å². The molecule has 9 nitrogen and oxygen atoms in total. The fourth-order valence-corrected chi connectivity index (χ4v) is 4.16. The smallest absolute Gasteiger partial charge is 0.410 e. The zero-order valence-electron chi connectivity index (χ0n) is 22.8. The molecular formula is C30H32FN3O6. The Bertz CT molecular complexity index is 1340. The summed E-state index contributed by atoms with van der Waals surface area (Å²) >= 11 is 0. The second-order valence-corrected chi connectivity index (χ2v) is 10.3. The molecule has 3 aromatic carbocycles. The molecule has 3 amide bonds. The third-order valence-corrected chi connectivity index (χ3v) is 6.14. The second kappa shape index (κ2) is 12.1. The molecule has 0 spiro atoms. The topological polar surface area (TPSA) is 106 Å². The first-order valence-electron chi connectivity index (χ1n) is 12.8. The largest absolute Gasteiger partial charge is 0.497 e. The predicted octanol–water partition coefficient (Wildman–Crippen LogP) is 5.47. The summed E-state index contributed by atoms with van der Waals surface area (Å²) in [5, 5.41) is 5.54. The number of halogens is 1. The number of benzene rings is 3. The van der Waals surface area contributed by atoms with Gasteiger partial charge in [-0.2, -0.15) is 0 Å². The molecule has 2 atom stereocenters. The maximum absolute atomic E-state index is 13.2. The fraction of sp³-hybridized carbons (Fsp3) is 0.300. The van der Waals surface area contributed by atoms with Gasteiger partial charge >= 0.3 is 18.1 Å². The van der Waals surface area contributed by atoms with Crippen molar-refractivity contribution in [3.8, 4) is 16.9 Å². The summed E-state index contributed by atoms with van der Waals surface area (Å²) in [5.74, 6) is -0.293. The van der Waals surface area contributed by atoms with Gasteiger partial charge in [0.05, 0.1) is 25.3 Å². The SMILES string of the molecule is COc1ccc(NC(=O)N[C@H]2CN(C(=O)OC(C)(C)C)C[C@@H]2OC(=O)c2ccc(-c3ccc(F)cc3)cc2)cc1. The van der Waals surface area contributed by atoms with Gasteiger partial charge < -0.3 is 29.7 Å². The second-order valence-electron chi connectivity index (χ2n) is 10.3. The molecule has 4 rings (SSSR count). The van der Waals surface area contributed by atoms with Crippen LogP contribution in [0.5, 0.6) is 5.75 Å². The molecule has 1 aliphatic heterocycles. The third-order valence-electron chi connectivity index (χ3n) is 6.14. The van der Waals surface area contributed by atoms with E-state index in [1.54, 1.807) is 88.5 Å². The number of ether oxygens (including phenoxy) is 3. The Morgan fingerprint density at radius 3 is 2.05 bits per heavy atom. The van der Waals surface area contributed by atoms with Gasteiger partial charge in [0.1, 0.15) is 23.3 Å². The first-order chi connectivity index (χ1) is 19.0. The Hall–Kier alpha value is -4.60. The van der Waals surface area contributed by atoms with Gasteiger partial charge in [0, 0.05) is 12.2 Å². The fourth-order valence-electron chi connectivity index (χ4n) is 4.16. The lowest BCUT2D eigenvalue weighted by Crippen LogP contribution is -2.46. The molecule has 0 unspecified atom stereocenters. The molecule has 210 valence electrons. The summed E-state index contributed by atoms with van der Waals surface area (Å²) in [6.07, 6.45) is -1.39. The van der Waals surface area contributed by atoms with E-state index in [1.165, 1.54) is 17.0 Å². The molecular weight excluding hydrogens is 517 g/mol. The highest BCUT2D eigenvalue weighted by atomic mass is 19.1. The van der Waals surface area contributed by atoms with Crippen LogP contribution < -0.4 is 15.4 Å². The molecule has 10 heteroatoms. The van der Waals surface area contributed by atoms with Crippen molar-refractivity contribution >= 4 is 23.8 Å². The van der Waals surface area contributed by atoms with E-state index in [1.807, 2.05) is 0 Å². The molecule has 40 heavy (non-hydrogen) atoms. The average molecular weight is 550 g/mol. The first kappa shape index (κ1) is 28.4. The van der Waals surface area contributed by atoms with Crippen molar-refractivity contribution in [2.75, 3.05) is 25.5 Å². The minimum Gasteiger partial charge on any atom is -0.497 e. The van der Waals surface area contributed by atoms with Gasteiger partial charge in [-0.25, -0.2) is 18.8 Å². The van der Waals surface area contributed by atoms with E-state index < -0.39 is 35.8 Å². The Labute approximate surface area is 232 Å². The van der Waals surface area contributed by atoms with E-state index in [4.69, 9.17) is 14.2 Å². The number of hydrogen-bond donors (Lipinski definition) is 2. The van der Waals surface area contributed by atoms with Crippen LogP contribution in [-0.2, 0) is 9.47 Å². The van der Waals surface area contributed by atoms with Gasteiger partial charge in [-0.05, 0) is 80.4 Å². The van der Waals surface area contributed by atoms with Gasteiger partial charge in [-0.3, -0.25) is 0 Å². The third kappa shape index (κ3) is 7.49. The van der Waals surface area contributed by atoms with Crippen molar-refractivity contribution in [3.05, 3.63) is 84.2 Å². The number of anilines is 1. The highest BCUT2D eigenvalue weighted by Crippen LogP contribution is 2.23. The molecule has 1 aliphatic rings. The van der Waals surface area contributed by atoms with Crippen molar-refractivity contribution in [2.24, 2.45) is 0 Å². The van der Waals surface area contributed by atoms with E-state index in [-0.39, 0.29) is 18.9 Å². The molecule has 1 fully saturated rings. The van der Waals surface area contributed by atoms with Crippen LogP contribution in [0.4, 0.5) is 19.7 Å². The Morgan fingerprint density at radius 2 is 1.48 bits per heavy atom. The van der Waals surface area contributed by atoms with Gasteiger partial charge in [0.2, 0.25) is 0 Å². The van der Waals surface area contributed by atoms with Crippen molar-refractivity contribution in [1.82, 2.24) is 10.2 Å². The first-order valence-corrected chi connectivity index (χ1v) is 12.8. The number of nitrogens with zero attached hydrogens (tertiary/aromatic N) is 1. The van der Waals surface area contributed by atoms with Crippen molar-refractivity contribution in [1.29, 1.82) is 0 Å². The van der Waals surface area contributed by atoms with Crippen molar-refractivity contribution in [3.63, 3.8) is 0 Å². The minimum absolute atomic E-state index is 0.0435. The van der Waals surface area contributed by atoms with E-state index in [0.717, 1.165) is 11.1 Å². The number of rotatable bonds is 6. The van der Waals surface area contributed by atoms with Crippen LogP contribution in [0, 0.1) is 5.82 Å². The summed E-state index contributed by atoms with van der Waals surface area (Å²) in [6, 6.07) is 18.3. The summed E-state index contributed by atoms with van der Waals surface area (Å²) in [5.41, 5.74) is 1.73. The van der Waals surface area contributed by atoms with Crippen LogP contribution in [0.25, 0.3) is 11.1 Å². The van der Waals surface area contributed by atoms with Crippen LogP contribution in [0.3, 0.4) is 0 Å². The lowest BCUT2D eigenvalue weighted by molar-refractivity contribution is 0.0180. The van der Waals surface area contributed by atoms with Crippen molar-refractivity contribution < 1.29 is 33.0 Å². The molecule has 0 aromatic heterocycles. The van der Waals surface area contributed by atoms with Crippen LogP contribution >= 0.6 is 0 Å². The summed E-state index contributed by atoms with van der Waals surface area (Å²) in [4.78, 5) is 39.9.